The van der Waals surface area contributed by atoms with Crippen molar-refractivity contribution in [2.75, 3.05) is 5.32 Å². The SMILES string of the molecule is CCC(CC)(NC(=O)Nc1ccccc1F)C(=N)N. The lowest BCUT2D eigenvalue weighted by Crippen LogP contribution is -2.57. The molecule has 0 saturated heterocycles. The fraction of sp³-hybridized carbons (Fsp3) is 0.385. The van der Waals surface area contributed by atoms with Crippen LogP contribution in [0.15, 0.2) is 24.3 Å². The van der Waals surface area contributed by atoms with Crippen LogP contribution in [0.25, 0.3) is 0 Å². The molecule has 5 nitrogen and oxygen atoms in total. The maximum atomic E-state index is 13.4. The molecule has 0 aliphatic rings. The highest BCUT2D eigenvalue weighted by molar-refractivity contribution is 5.96. The summed E-state index contributed by atoms with van der Waals surface area (Å²) >= 11 is 0. The van der Waals surface area contributed by atoms with E-state index in [1.54, 1.807) is 6.07 Å². The number of carbonyl (C=O) groups is 1. The average Bonchev–Trinajstić information content (AvgIpc) is 2.38. The van der Waals surface area contributed by atoms with Crippen molar-refractivity contribution in [1.29, 1.82) is 5.41 Å². The summed E-state index contributed by atoms with van der Waals surface area (Å²) < 4.78 is 13.4. The maximum Gasteiger partial charge on any atom is 0.320 e. The van der Waals surface area contributed by atoms with Gasteiger partial charge in [0.2, 0.25) is 0 Å². The molecule has 1 aromatic carbocycles. The van der Waals surface area contributed by atoms with Crippen molar-refractivity contribution in [3.05, 3.63) is 30.1 Å². The molecule has 0 aliphatic carbocycles. The molecule has 0 bridgehead atoms. The molecule has 6 heteroatoms. The normalized spacial score (nSPS) is 10.9. The number of benzene rings is 1. The van der Waals surface area contributed by atoms with Gasteiger partial charge in [-0.15, -0.1) is 0 Å². The standard InChI is InChI=1S/C13H19FN4O/c1-3-13(4-2,11(15)16)18-12(19)17-10-8-6-5-7-9(10)14/h5-8H,3-4H2,1-2H3,(H3,15,16)(H2,17,18,19). The fourth-order valence-corrected chi connectivity index (χ4v) is 1.81. The fourth-order valence-electron chi connectivity index (χ4n) is 1.81. The zero-order valence-electron chi connectivity index (χ0n) is 11.1. The predicted molar refractivity (Wildman–Crippen MR) is 73.8 cm³/mol. The van der Waals surface area contributed by atoms with E-state index in [9.17, 15) is 9.18 Å². The first-order valence-corrected chi connectivity index (χ1v) is 6.13. The summed E-state index contributed by atoms with van der Waals surface area (Å²) in [7, 11) is 0. The largest absolute Gasteiger partial charge is 0.386 e. The van der Waals surface area contributed by atoms with Gasteiger partial charge in [-0.1, -0.05) is 26.0 Å². The van der Waals surface area contributed by atoms with Crippen LogP contribution >= 0.6 is 0 Å². The summed E-state index contributed by atoms with van der Waals surface area (Å²) in [6.07, 6.45) is 0.979. The van der Waals surface area contributed by atoms with Gasteiger partial charge in [0, 0.05) is 0 Å². The van der Waals surface area contributed by atoms with Crippen LogP contribution in [0.1, 0.15) is 26.7 Å². The van der Waals surface area contributed by atoms with Crippen molar-refractivity contribution in [3.8, 4) is 0 Å². The summed E-state index contributed by atoms with van der Waals surface area (Å²) in [5, 5.41) is 12.6. The van der Waals surface area contributed by atoms with Gasteiger partial charge in [-0.05, 0) is 25.0 Å². The third-order valence-corrected chi connectivity index (χ3v) is 3.20. The number of anilines is 1. The summed E-state index contributed by atoms with van der Waals surface area (Å²) in [5.41, 5.74) is 4.73. The Kier molecular flexibility index (Phi) is 4.86. The van der Waals surface area contributed by atoms with E-state index in [1.165, 1.54) is 18.2 Å². The second-order valence-electron chi connectivity index (χ2n) is 4.26. The molecule has 0 atom stereocenters. The van der Waals surface area contributed by atoms with Gasteiger partial charge in [-0.2, -0.15) is 0 Å². The van der Waals surface area contributed by atoms with E-state index in [2.05, 4.69) is 10.6 Å². The molecule has 104 valence electrons. The van der Waals surface area contributed by atoms with E-state index < -0.39 is 17.4 Å². The van der Waals surface area contributed by atoms with Gasteiger partial charge in [0.1, 0.15) is 11.7 Å². The Balaban J connectivity index is 2.80. The molecule has 19 heavy (non-hydrogen) atoms. The third kappa shape index (κ3) is 3.43. The lowest BCUT2D eigenvalue weighted by molar-refractivity contribution is 0.243. The first-order chi connectivity index (χ1) is 8.95. The molecule has 0 saturated carbocycles. The Morgan fingerprint density at radius 1 is 1.37 bits per heavy atom. The molecule has 5 N–H and O–H groups in total. The first kappa shape index (κ1) is 14.9. The van der Waals surface area contributed by atoms with E-state index in [1.807, 2.05) is 13.8 Å². The minimum atomic E-state index is -0.894. The Labute approximate surface area is 111 Å². The van der Waals surface area contributed by atoms with Crippen LogP contribution in [0.2, 0.25) is 0 Å². The molecule has 2 amide bonds. The van der Waals surface area contributed by atoms with E-state index in [0.717, 1.165) is 0 Å². The molecule has 0 heterocycles. The number of para-hydroxylation sites is 1. The van der Waals surface area contributed by atoms with Gasteiger partial charge in [0.25, 0.3) is 0 Å². The van der Waals surface area contributed by atoms with Crippen LogP contribution in [0, 0.1) is 11.2 Å². The Morgan fingerprint density at radius 2 is 1.95 bits per heavy atom. The number of carbonyl (C=O) groups excluding carboxylic acids is 1. The maximum absolute atomic E-state index is 13.4. The number of rotatable bonds is 5. The van der Waals surface area contributed by atoms with Crippen LogP contribution in [0.4, 0.5) is 14.9 Å². The van der Waals surface area contributed by atoms with Gasteiger partial charge in [-0.3, -0.25) is 5.41 Å². The van der Waals surface area contributed by atoms with Gasteiger partial charge in [0.15, 0.2) is 0 Å². The molecule has 0 aromatic heterocycles. The molecule has 0 fully saturated rings. The number of hydrogen-bond donors (Lipinski definition) is 4. The Morgan fingerprint density at radius 3 is 2.42 bits per heavy atom. The number of nitrogens with two attached hydrogens (primary N) is 1. The van der Waals surface area contributed by atoms with Crippen LogP contribution in [-0.4, -0.2) is 17.4 Å². The van der Waals surface area contributed by atoms with E-state index in [0.29, 0.717) is 12.8 Å². The molecular weight excluding hydrogens is 247 g/mol. The van der Waals surface area contributed by atoms with Gasteiger partial charge < -0.3 is 16.4 Å². The number of halogens is 1. The van der Waals surface area contributed by atoms with Gasteiger partial charge >= 0.3 is 6.03 Å². The number of amidine groups is 1. The number of hydrogen-bond acceptors (Lipinski definition) is 2. The quantitative estimate of drug-likeness (QED) is 0.487. The Hall–Kier alpha value is -2.11. The van der Waals surface area contributed by atoms with Crippen LogP contribution in [-0.2, 0) is 0 Å². The van der Waals surface area contributed by atoms with Crippen LogP contribution in [0.3, 0.4) is 0 Å². The van der Waals surface area contributed by atoms with E-state index in [4.69, 9.17) is 11.1 Å². The van der Waals surface area contributed by atoms with E-state index in [-0.39, 0.29) is 11.5 Å². The molecule has 0 unspecified atom stereocenters. The lowest BCUT2D eigenvalue weighted by Gasteiger charge is -2.31. The number of urea groups is 1. The van der Waals surface area contributed by atoms with Crippen molar-refractivity contribution in [1.82, 2.24) is 5.32 Å². The zero-order valence-corrected chi connectivity index (χ0v) is 11.1. The molecular formula is C13H19FN4O. The monoisotopic (exact) mass is 266 g/mol. The zero-order chi connectivity index (χ0) is 14.5. The van der Waals surface area contributed by atoms with Crippen molar-refractivity contribution in [2.24, 2.45) is 5.73 Å². The van der Waals surface area contributed by atoms with Crippen molar-refractivity contribution in [3.63, 3.8) is 0 Å². The minimum absolute atomic E-state index is 0.0876. The highest BCUT2D eigenvalue weighted by atomic mass is 19.1. The average molecular weight is 266 g/mol. The Bertz CT molecular complexity index is 471. The second kappa shape index (κ2) is 6.17. The molecule has 0 radical (unpaired) electrons. The van der Waals surface area contributed by atoms with E-state index >= 15 is 0 Å². The molecule has 1 aromatic rings. The van der Waals surface area contributed by atoms with Crippen molar-refractivity contribution in [2.45, 2.75) is 32.2 Å². The molecule has 0 aliphatic heterocycles. The number of amides is 2. The molecule has 0 spiro atoms. The van der Waals surface area contributed by atoms with Crippen molar-refractivity contribution >= 4 is 17.6 Å². The topological polar surface area (TPSA) is 91.0 Å². The summed E-state index contributed by atoms with van der Waals surface area (Å²) in [4.78, 5) is 11.9. The van der Waals surface area contributed by atoms with Gasteiger partial charge in [0.05, 0.1) is 11.2 Å². The molecule has 1 rings (SSSR count). The summed E-state index contributed by atoms with van der Waals surface area (Å²) in [5.74, 6) is -0.625. The summed E-state index contributed by atoms with van der Waals surface area (Å²) in [6, 6.07) is 5.30. The smallest absolute Gasteiger partial charge is 0.320 e. The van der Waals surface area contributed by atoms with Gasteiger partial charge in [-0.25, -0.2) is 9.18 Å². The number of nitrogens with one attached hydrogen (secondary N) is 3. The second-order valence-corrected chi connectivity index (χ2v) is 4.26. The predicted octanol–water partition coefficient (Wildman–Crippen LogP) is 2.44. The third-order valence-electron chi connectivity index (χ3n) is 3.20. The summed E-state index contributed by atoms with van der Waals surface area (Å²) in [6.45, 7) is 3.66. The minimum Gasteiger partial charge on any atom is -0.386 e. The van der Waals surface area contributed by atoms with Crippen LogP contribution < -0.4 is 16.4 Å². The first-order valence-electron chi connectivity index (χ1n) is 6.13. The highest BCUT2D eigenvalue weighted by Gasteiger charge is 2.31. The van der Waals surface area contributed by atoms with Crippen molar-refractivity contribution < 1.29 is 9.18 Å². The highest BCUT2D eigenvalue weighted by Crippen LogP contribution is 2.16. The lowest BCUT2D eigenvalue weighted by atomic mass is 9.92. The van der Waals surface area contributed by atoms with Crippen LogP contribution in [0.5, 0.6) is 0 Å².